The zero-order chi connectivity index (χ0) is 14.3. The molecule has 0 aromatic heterocycles. The van der Waals surface area contributed by atoms with Gasteiger partial charge in [0.2, 0.25) is 0 Å². The van der Waals surface area contributed by atoms with Gasteiger partial charge in [0, 0.05) is 12.3 Å². The summed E-state index contributed by atoms with van der Waals surface area (Å²) in [7, 11) is 0. The Balaban J connectivity index is 2.01. The average molecular weight is 280 g/mol. The van der Waals surface area contributed by atoms with Crippen LogP contribution >= 0.6 is 0 Å². The van der Waals surface area contributed by atoms with Crippen LogP contribution in [0.25, 0.3) is 0 Å². The standard InChI is InChI=1S/C14H16O6/c1-2-18-12(16)10-8-4-3-5-14(6-9(10)15)7-19-13(17)20-11(8)14/h3,5,8,11,15H,2,4,6-7H2,1H3/t8-,11-,14+/m1/s1. The molecule has 1 fully saturated rings. The zero-order valence-electron chi connectivity index (χ0n) is 11.1. The van der Waals surface area contributed by atoms with Gasteiger partial charge in [-0.05, 0) is 13.3 Å². The Labute approximate surface area is 116 Å². The maximum absolute atomic E-state index is 12.0. The highest BCUT2D eigenvalue weighted by molar-refractivity contribution is 5.90. The van der Waals surface area contributed by atoms with Crippen molar-refractivity contribution in [1.82, 2.24) is 0 Å². The highest BCUT2D eigenvalue weighted by atomic mass is 16.7. The van der Waals surface area contributed by atoms with E-state index in [2.05, 4.69) is 0 Å². The van der Waals surface area contributed by atoms with E-state index in [9.17, 15) is 14.7 Å². The summed E-state index contributed by atoms with van der Waals surface area (Å²) < 4.78 is 15.2. The Morgan fingerprint density at radius 1 is 1.60 bits per heavy atom. The van der Waals surface area contributed by atoms with Crippen LogP contribution in [0, 0.1) is 11.3 Å². The molecule has 20 heavy (non-hydrogen) atoms. The molecule has 0 aromatic rings. The van der Waals surface area contributed by atoms with Crippen LogP contribution in [0.15, 0.2) is 23.5 Å². The minimum atomic E-state index is -0.726. The summed E-state index contributed by atoms with van der Waals surface area (Å²) in [4.78, 5) is 23.4. The van der Waals surface area contributed by atoms with Crippen LogP contribution in [0.2, 0.25) is 0 Å². The molecule has 108 valence electrons. The summed E-state index contributed by atoms with van der Waals surface area (Å²) in [5, 5.41) is 10.2. The fraction of sp³-hybridized carbons (Fsp3) is 0.571. The monoisotopic (exact) mass is 280 g/mol. The number of hydrogen-bond donors (Lipinski definition) is 1. The van der Waals surface area contributed by atoms with Crippen LogP contribution in [0.4, 0.5) is 4.79 Å². The molecule has 6 nitrogen and oxygen atoms in total. The zero-order valence-corrected chi connectivity index (χ0v) is 11.1. The number of aliphatic hydroxyl groups is 1. The Kier molecular flexibility index (Phi) is 2.96. The Hall–Kier alpha value is -1.98. The Morgan fingerprint density at radius 2 is 2.40 bits per heavy atom. The van der Waals surface area contributed by atoms with Gasteiger partial charge in [-0.1, -0.05) is 12.2 Å². The number of carbonyl (C=O) groups excluding carboxylic acids is 2. The van der Waals surface area contributed by atoms with E-state index in [1.54, 1.807) is 6.92 Å². The molecule has 1 aliphatic heterocycles. The molecule has 1 saturated heterocycles. The number of esters is 1. The molecule has 0 aromatic carbocycles. The van der Waals surface area contributed by atoms with Crippen LogP contribution in [0.5, 0.6) is 0 Å². The van der Waals surface area contributed by atoms with Gasteiger partial charge in [0.05, 0.1) is 17.6 Å². The van der Waals surface area contributed by atoms with E-state index in [0.717, 1.165) is 0 Å². The predicted octanol–water partition coefficient (Wildman–Crippen LogP) is 1.86. The van der Waals surface area contributed by atoms with Crippen LogP contribution in [-0.4, -0.2) is 36.5 Å². The molecule has 1 heterocycles. The lowest BCUT2D eigenvalue weighted by atomic mass is 9.63. The van der Waals surface area contributed by atoms with Gasteiger partial charge in [-0.2, -0.15) is 0 Å². The second-order valence-electron chi connectivity index (χ2n) is 5.31. The molecule has 3 rings (SSSR count). The lowest BCUT2D eigenvalue weighted by Gasteiger charge is -2.49. The highest BCUT2D eigenvalue weighted by Gasteiger charge is 2.56. The van der Waals surface area contributed by atoms with Gasteiger partial charge >= 0.3 is 12.1 Å². The van der Waals surface area contributed by atoms with E-state index in [1.807, 2.05) is 12.2 Å². The van der Waals surface area contributed by atoms with Crippen LogP contribution in [0.1, 0.15) is 19.8 Å². The van der Waals surface area contributed by atoms with E-state index < -0.39 is 23.6 Å². The van der Waals surface area contributed by atoms with Gasteiger partial charge in [-0.25, -0.2) is 9.59 Å². The van der Waals surface area contributed by atoms with Crippen molar-refractivity contribution in [2.45, 2.75) is 25.9 Å². The van der Waals surface area contributed by atoms with Crippen molar-refractivity contribution < 1.29 is 28.9 Å². The minimum absolute atomic E-state index is 0.00981. The third-order valence-electron chi connectivity index (χ3n) is 4.13. The number of allylic oxidation sites excluding steroid dienone is 2. The third kappa shape index (κ3) is 1.78. The second-order valence-corrected chi connectivity index (χ2v) is 5.31. The third-order valence-corrected chi connectivity index (χ3v) is 4.13. The van der Waals surface area contributed by atoms with Gasteiger partial charge in [-0.3, -0.25) is 0 Å². The van der Waals surface area contributed by atoms with Gasteiger partial charge in [0.25, 0.3) is 0 Å². The summed E-state index contributed by atoms with van der Waals surface area (Å²) in [5.74, 6) is -0.905. The van der Waals surface area contributed by atoms with Crippen molar-refractivity contribution >= 4 is 12.1 Å². The molecule has 3 atom stereocenters. The maximum atomic E-state index is 12.0. The summed E-state index contributed by atoms with van der Waals surface area (Å²) in [6, 6.07) is 0. The molecule has 0 unspecified atom stereocenters. The first-order valence-electron chi connectivity index (χ1n) is 6.67. The maximum Gasteiger partial charge on any atom is 0.508 e. The largest absolute Gasteiger partial charge is 0.512 e. The molecule has 3 aliphatic rings. The predicted molar refractivity (Wildman–Crippen MR) is 66.8 cm³/mol. The molecule has 2 bridgehead atoms. The summed E-state index contributed by atoms with van der Waals surface area (Å²) in [6.07, 6.45) is 3.39. The Morgan fingerprint density at radius 3 is 3.15 bits per heavy atom. The number of cyclic esters (lactones) is 1. The lowest BCUT2D eigenvalue weighted by molar-refractivity contribution is -0.146. The molecule has 1 N–H and O–H groups in total. The first-order chi connectivity index (χ1) is 9.57. The molecule has 6 heteroatoms. The fourth-order valence-electron chi connectivity index (χ4n) is 3.31. The minimum Gasteiger partial charge on any atom is -0.512 e. The SMILES string of the molecule is CCOC(=O)C1=C(O)C[C@]23C=CC[C@H]1[C@H]2OC(=O)OC3. The Bertz CT molecular complexity index is 520. The van der Waals surface area contributed by atoms with Gasteiger partial charge in [-0.15, -0.1) is 0 Å². The number of rotatable bonds is 2. The van der Waals surface area contributed by atoms with E-state index in [4.69, 9.17) is 14.2 Å². The van der Waals surface area contributed by atoms with Crippen molar-refractivity contribution in [3.05, 3.63) is 23.5 Å². The molecule has 0 radical (unpaired) electrons. The topological polar surface area (TPSA) is 82.1 Å². The second kappa shape index (κ2) is 4.54. The van der Waals surface area contributed by atoms with E-state index >= 15 is 0 Å². The van der Waals surface area contributed by atoms with E-state index in [-0.39, 0.29) is 36.9 Å². The van der Waals surface area contributed by atoms with Gasteiger partial charge in [0.1, 0.15) is 18.5 Å². The van der Waals surface area contributed by atoms with Crippen molar-refractivity contribution in [2.75, 3.05) is 13.2 Å². The number of ether oxygens (including phenoxy) is 3. The van der Waals surface area contributed by atoms with E-state index in [0.29, 0.717) is 6.42 Å². The highest BCUT2D eigenvalue weighted by Crippen LogP contribution is 2.51. The van der Waals surface area contributed by atoms with Crippen molar-refractivity contribution in [1.29, 1.82) is 0 Å². The molecule has 0 amide bonds. The van der Waals surface area contributed by atoms with Crippen molar-refractivity contribution in [2.24, 2.45) is 11.3 Å². The lowest BCUT2D eigenvalue weighted by Crippen LogP contribution is -2.55. The van der Waals surface area contributed by atoms with Crippen molar-refractivity contribution in [3.8, 4) is 0 Å². The fourth-order valence-corrected chi connectivity index (χ4v) is 3.31. The molecular formula is C14H16O6. The van der Waals surface area contributed by atoms with Gasteiger partial charge < -0.3 is 19.3 Å². The molecule has 0 spiro atoms. The number of hydrogen-bond acceptors (Lipinski definition) is 6. The summed E-state index contributed by atoms with van der Waals surface area (Å²) >= 11 is 0. The number of carbonyl (C=O) groups is 2. The first-order valence-corrected chi connectivity index (χ1v) is 6.67. The van der Waals surface area contributed by atoms with E-state index in [1.165, 1.54) is 0 Å². The van der Waals surface area contributed by atoms with Crippen LogP contribution in [-0.2, 0) is 19.0 Å². The van der Waals surface area contributed by atoms with Crippen molar-refractivity contribution in [3.63, 3.8) is 0 Å². The first kappa shape index (κ1) is 13.0. The normalized spacial score (nSPS) is 35.0. The smallest absolute Gasteiger partial charge is 0.508 e. The quantitative estimate of drug-likeness (QED) is 0.614. The number of aliphatic hydroxyl groups excluding tert-OH is 1. The summed E-state index contributed by atoms with van der Waals surface area (Å²) in [6.45, 7) is 2.10. The van der Waals surface area contributed by atoms with Crippen LogP contribution in [0.3, 0.4) is 0 Å². The van der Waals surface area contributed by atoms with Gasteiger partial charge in [0.15, 0.2) is 0 Å². The average Bonchev–Trinajstić information content (AvgIpc) is 2.39. The van der Waals surface area contributed by atoms with Crippen LogP contribution < -0.4 is 0 Å². The molecule has 2 aliphatic carbocycles. The summed E-state index contributed by atoms with van der Waals surface area (Å²) in [5.41, 5.74) is -0.344. The molecular weight excluding hydrogens is 264 g/mol. The molecule has 0 saturated carbocycles.